The van der Waals surface area contributed by atoms with Gasteiger partial charge in [0.1, 0.15) is 6.54 Å². The Morgan fingerprint density at radius 3 is 2.15 bits per heavy atom. The van der Waals surface area contributed by atoms with Crippen molar-refractivity contribution in [3.8, 4) is 0 Å². The normalized spacial score (nSPS) is 11.1. The van der Waals surface area contributed by atoms with E-state index in [1.807, 2.05) is 45.9 Å². The second-order valence-electron chi connectivity index (χ2n) is 9.60. The van der Waals surface area contributed by atoms with Crippen LogP contribution in [-0.4, -0.2) is 54.4 Å². The molecular weight excluding hydrogens is 553 g/mol. The highest BCUT2D eigenvalue weighted by Crippen LogP contribution is 2.28. The minimum Gasteiger partial charge on any atom is -0.468 e. The van der Waals surface area contributed by atoms with Crippen LogP contribution in [0.15, 0.2) is 60.8 Å². The zero-order valence-electron chi connectivity index (χ0n) is 23.9. The molecule has 1 amide bonds. The first-order chi connectivity index (χ1) is 18.7. The summed E-state index contributed by atoms with van der Waals surface area (Å²) in [4.78, 5) is 41.2. The fourth-order valence-corrected chi connectivity index (χ4v) is 3.41. The molecular formula is C30H37Cl2N3O5. The Kier molecular flexibility index (Phi) is 14.3. The van der Waals surface area contributed by atoms with Gasteiger partial charge in [0.25, 0.3) is 5.91 Å². The van der Waals surface area contributed by atoms with Gasteiger partial charge in [-0.3, -0.25) is 19.4 Å². The number of ether oxygens (including phenoxy) is 2. The Balaban J connectivity index is 0.000000503. The van der Waals surface area contributed by atoms with Crippen molar-refractivity contribution in [1.29, 1.82) is 0 Å². The Morgan fingerprint density at radius 1 is 1.07 bits per heavy atom. The number of halogens is 2. The van der Waals surface area contributed by atoms with Crippen LogP contribution in [0.2, 0.25) is 10.0 Å². The molecule has 8 nitrogen and oxygen atoms in total. The Bertz CT molecular complexity index is 1260. The maximum atomic E-state index is 13.1. The maximum Gasteiger partial charge on any atom is 0.325 e. The average Bonchev–Trinajstić information content (AvgIpc) is 2.91. The van der Waals surface area contributed by atoms with E-state index in [0.717, 1.165) is 5.69 Å². The predicted molar refractivity (Wildman–Crippen MR) is 160 cm³/mol. The van der Waals surface area contributed by atoms with Gasteiger partial charge in [-0.15, -0.1) is 0 Å². The topological polar surface area (TPSA) is 112 Å². The lowest BCUT2D eigenvalue weighted by molar-refractivity contribution is -0.141. The number of nitrogen functional groups attached to an aromatic ring is 1. The number of methoxy groups -OCH3 is 2. The van der Waals surface area contributed by atoms with Gasteiger partial charge in [-0.05, 0) is 82.6 Å². The van der Waals surface area contributed by atoms with Gasteiger partial charge in [-0.25, -0.2) is 0 Å². The number of benzene rings is 2. The third-order valence-corrected chi connectivity index (χ3v) is 6.12. The molecule has 1 atom stereocenters. The summed E-state index contributed by atoms with van der Waals surface area (Å²) in [7, 11) is 2.95. The first-order valence-electron chi connectivity index (χ1n) is 12.3. The largest absolute Gasteiger partial charge is 0.468 e. The molecule has 2 N–H and O–H groups in total. The number of pyridine rings is 1. The molecule has 0 aliphatic rings. The highest BCUT2D eigenvalue weighted by atomic mass is 35.5. The lowest BCUT2D eigenvalue weighted by atomic mass is 10.0. The van der Waals surface area contributed by atoms with Crippen molar-refractivity contribution < 1.29 is 23.9 Å². The Labute approximate surface area is 246 Å². The third kappa shape index (κ3) is 11.7. The van der Waals surface area contributed by atoms with Gasteiger partial charge in [0.2, 0.25) is 0 Å². The maximum absolute atomic E-state index is 13.1. The van der Waals surface area contributed by atoms with E-state index in [1.54, 1.807) is 44.5 Å². The number of hydrogen-bond acceptors (Lipinski definition) is 7. The van der Waals surface area contributed by atoms with E-state index in [1.165, 1.54) is 24.1 Å². The summed E-state index contributed by atoms with van der Waals surface area (Å²) in [6.07, 6.45) is 2.43. The van der Waals surface area contributed by atoms with E-state index < -0.39 is 17.9 Å². The number of aryl methyl sites for hydroxylation is 1. The zero-order valence-corrected chi connectivity index (χ0v) is 25.4. The molecule has 10 heteroatoms. The number of aldehydes is 1. The molecule has 0 fully saturated rings. The molecule has 0 saturated carbocycles. The average molecular weight is 591 g/mol. The molecule has 40 heavy (non-hydrogen) atoms. The summed E-state index contributed by atoms with van der Waals surface area (Å²) >= 11 is 12.0. The number of hydrogen-bond donors (Lipinski definition) is 1. The van der Waals surface area contributed by atoms with Crippen LogP contribution in [0.25, 0.3) is 0 Å². The van der Waals surface area contributed by atoms with Crippen LogP contribution in [-0.2, 0) is 14.3 Å². The van der Waals surface area contributed by atoms with Crippen molar-refractivity contribution in [2.24, 2.45) is 0 Å². The molecule has 3 rings (SSSR count). The minimum atomic E-state index is -0.585. The number of carbonyl (C=O) groups excluding carboxylic acids is 3. The van der Waals surface area contributed by atoms with E-state index >= 15 is 0 Å². The van der Waals surface area contributed by atoms with E-state index in [-0.39, 0.29) is 28.4 Å². The first-order valence-corrected chi connectivity index (χ1v) is 13.1. The molecule has 0 spiro atoms. The van der Waals surface area contributed by atoms with Gasteiger partial charge in [0.15, 0.2) is 6.29 Å². The molecule has 0 aliphatic heterocycles. The van der Waals surface area contributed by atoms with Crippen LogP contribution in [0.3, 0.4) is 0 Å². The highest BCUT2D eigenvalue weighted by molar-refractivity contribution is 6.33. The highest BCUT2D eigenvalue weighted by Gasteiger charge is 2.27. The summed E-state index contributed by atoms with van der Waals surface area (Å²) in [6, 6.07) is 14.6. The van der Waals surface area contributed by atoms with Crippen LogP contribution in [0.1, 0.15) is 65.7 Å². The summed E-state index contributed by atoms with van der Waals surface area (Å²) in [5.41, 5.74) is 8.42. The number of nitrogens with zero attached hydrogens (tertiary/aromatic N) is 2. The van der Waals surface area contributed by atoms with Gasteiger partial charge in [-0.1, -0.05) is 35.3 Å². The summed E-state index contributed by atoms with van der Waals surface area (Å²) < 4.78 is 9.64. The minimum absolute atomic E-state index is 0.0417. The second kappa shape index (κ2) is 16.6. The Morgan fingerprint density at radius 2 is 1.73 bits per heavy atom. The van der Waals surface area contributed by atoms with E-state index in [2.05, 4.69) is 4.98 Å². The monoisotopic (exact) mass is 589 g/mol. The molecule has 0 aliphatic carbocycles. The number of aromatic nitrogens is 1. The summed E-state index contributed by atoms with van der Waals surface area (Å²) in [6.45, 7) is 9.48. The van der Waals surface area contributed by atoms with Crippen LogP contribution >= 0.6 is 23.2 Å². The number of esters is 1. The van der Waals surface area contributed by atoms with Crippen molar-refractivity contribution >= 4 is 47.1 Å². The number of anilines is 1. The summed E-state index contributed by atoms with van der Waals surface area (Å²) in [5.74, 6) is -1.05. The predicted octanol–water partition coefficient (Wildman–Crippen LogP) is 6.59. The molecule has 1 aromatic heterocycles. The molecule has 1 unspecified atom stereocenters. The lowest BCUT2D eigenvalue weighted by Crippen LogP contribution is -2.38. The van der Waals surface area contributed by atoms with Crippen LogP contribution in [0.5, 0.6) is 0 Å². The van der Waals surface area contributed by atoms with E-state index in [9.17, 15) is 14.4 Å². The van der Waals surface area contributed by atoms with E-state index in [0.29, 0.717) is 22.4 Å². The number of amides is 1. The van der Waals surface area contributed by atoms with Crippen molar-refractivity contribution in [3.63, 3.8) is 0 Å². The van der Waals surface area contributed by atoms with Crippen LogP contribution in [0, 0.1) is 6.92 Å². The van der Waals surface area contributed by atoms with Gasteiger partial charge in [0.05, 0.1) is 29.3 Å². The number of rotatable bonds is 6. The Hall–Kier alpha value is -3.46. The van der Waals surface area contributed by atoms with Crippen LogP contribution in [0.4, 0.5) is 5.69 Å². The first kappa shape index (κ1) is 34.6. The van der Waals surface area contributed by atoms with Crippen molar-refractivity contribution in [3.05, 3.63) is 93.2 Å². The van der Waals surface area contributed by atoms with Crippen molar-refractivity contribution in [2.75, 3.05) is 26.5 Å². The number of carbonyl (C=O) groups is 3. The standard InChI is InChI=1S/C19H18Cl2N2O4.C6H7N.C5H12O/c1-11(12-3-4-13(10-24)16(21)7-12)23(9-18(25)27-2)19(26)15-6-5-14(20)8-17(15)22;1-6-4-2-3-5-7-6;1-5(2,3)6-4/h3-8,10-11H,9,22H2,1-2H3;2-5H,1H3;1-4H3. The van der Waals surface area contributed by atoms with Gasteiger partial charge < -0.3 is 20.1 Å². The van der Waals surface area contributed by atoms with Crippen molar-refractivity contribution in [1.82, 2.24) is 9.88 Å². The molecule has 3 aromatic rings. The number of nitrogens with two attached hydrogens (primary N) is 1. The summed E-state index contributed by atoms with van der Waals surface area (Å²) in [5, 5.41) is 0.652. The fraction of sp³-hybridized carbons (Fsp3) is 0.333. The molecule has 0 bridgehead atoms. The molecule has 0 radical (unpaired) electrons. The van der Waals surface area contributed by atoms with Gasteiger partial charge >= 0.3 is 5.97 Å². The second-order valence-corrected chi connectivity index (χ2v) is 10.4. The van der Waals surface area contributed by atoms with Crippen LogP contribution < -0.4 is 5.73 Å². The van der Waals surface area contributed by atoms with Crippen molar-refractivity contribution in [2.45, 2.75) is 46.3 Å². The zero-order chi connectivity index (χ0) is 30.5. The fourth-order valence-electron chi connectivity index (χ4n) is 3.00. The quantitative estimate of drug-likeness (QED) is 0.196. The van der Waals surface area contributed by atoms with Gasteiger partial charge in [-0.2, -0.15) is 0 Å². The molecule has 0 saturated heterocycles. The molecule has 216 valence electrons. The van der Waals surface area contributed by atoms with E-state index in [4.69, 9.17) is 38.4 Å². The smallest absolute Gasteiger partial charge is 0.325 e. The molecule has 1 heterocycles. The molecule has 2 aromatic carbocycles. The third-order valence-electron chi connectivity index (χ3n) is 5.56. The lowest BCUT2D eigenvalue weighted by Gasteiger charge is -2.29. The SMILES string of the molecule is COC(=O)CN(C(=O)c1ccc(Cl)cc1N)C(C)c1ccc(C=O)c(Cl)c1.COC(C)(C)C.Cc1ccccn1. The van der Waals surface area contributed by atoms with Gasteiger partial charge in [0, 0.05) is 35.3 Å².